The van der Waals surface area contributed by atoms with Gasteiger partial charge in [0.15, 0.2) is 0 Å². The molecule has 0 fully saturated rings. The van der Waals surface area contributed by atoms with Crippen LogP contribution in [0.25, 0.3) is 0 Å². The summed E-state index contributed by atoms with van der Waals surface area (Å²) in [4.78, 5) is 29.4. The Bertz CT molecular complexity index is 943. The van der Waals surface area contributed by atoms with Gasteiger partial charge in [-0.1, -0.05) is 13.0 Å². The lowest BCUT2D eigenvalue weighted by Gasteiger charge is -2.12. The van der Waals surface area contributed by atoms with Crippen molar-refractivity contribution < 1.29 is 14.3 Å². The number of anilines is 1. The summed E-state index contributed by atoms with van der Waals surface area (Å²) < 4.78 is 5.76. The molecule has 0 aliphatic heterocycles. The van der Waals surface area contributed by atoms with E-state index in [4.69, 9.17) is 4.74 Å². The Morgan fingerprint density at radius 2 is 2.04 bits per heavy atom. The van der Waals surface area contributed by atoms with E-state index in [-0.39, 0.29) is 5.92 Å². The van der Waals surface area contributed by atoms with Crippen LogP contribution in [-0.2, 0) is 9.59 Å². The predicted octanol–water partition coefficient (Wildman–Crippen LogP) is 4.10. The number of amides is 2. The van der Waals surface area contributed by atoms with E-state index in [0.717, 1.165) is 5.56 Å². The van der Waals surface area contributed by atoms with Gasteiger partial charge in [-0.05, 0) is 54.3 Å². The largest absolute Gasteiger partial charge is 0.455 e. The SMILES string of the molecule is Cc1cc(NC(=O)C(=O)NCC(C)c2cccs2)ccc1Oc1cccnc1. The number of thiophene rings is 1. The average Bonchev–Trinajstić information content (AvgIpc) is 3.23. The third-order valence-corrected chi connectivity index (χ3v) is 5.20. The lowest BCUT2D eigenvalue weighted by atomic mass is 10.1. The summed E-state index contributed by atoms with van der Waals surface area (Å²) in [6.45, 7) is 4.28. The summed E-state index contributed by atoms with van der Waals surface area (Å²) >= 11 is 1.63. The minimum Gasteiger partial charge on any atom is -0.455 e. The molecule has 0 spiro atoms. The van der Waals surface area contributed by atoms with E-state index in [1.807, 2.05) is 37.4 Å². The summed E-state index contributed by atoms with van der Waals surface area (Å²) in [6.07, 6.45) is 3.29. The third kappa shape index (κ3) is 5.17. The quantitative estimate of drug-likeness (QED) is 0.616. The van der Waals surface area contributed by atoms with Gasteiger partial charge in [-0.15, -0.1) is 11.3 Å². The van der Waals surface area contributed by atoms with Crippen LogP contribution in [0.3, 0.4) is 0 Å². The second kappa shape index (κ2) is 9.14. The van der Waals surface area contributed by atoms with Crippen LogP contribution in [0.5, 0.6) is 11.5 Å². The third-order valence-electron chi connectivity index (χ3n) is 4.10. The molecule has 2 N–H and O–H groups in total. The molecular formula is C21H21N3O3S. The van der Waals surface area contributed by atoms with Crippen molar-refractivity contribution in [2.45, 2.75) is 19.8 Å². The van der Waals surface area contributed by atoms with Gasteiger partial charge in [-0.25, -0.2) is 0 Å². The molecule has 1 unspecified atom stereocenters. The number of rotatable bonds is 6. The molecule has 1 atom stereocenters. The number of aryl methyl sites for hydroxylation is 1. The summed E-state index contributed by atoms with van der Waals surface area (Å²) in [5.41, 5.74) is 1.36. The van der Waals surface area contributed by atoms with Crippen molar-refractivity contribution in [3.05, 3.63) is 70.7 Å². The van der Waals surface area contributed by atoms with Crippen LogP contribution in [-0.4, -0.2) is 23.3 Å². The maximum absolute atomic E-state index is 12.1. The predicted molar refractivity (Wildman–Crippen MR) is 110 cm³/mol. The minimum atomic E-state index is -0.696. The highest BCUT2D eigenvalue weighted by Crippen LogP contribution is 2.26. The number of benzene rings is 1. The molecule has 3 aromatic rings. The van der Waals surface area contributed by atoms with Gasteiger partial charge in [0.25, 0.3) is 0 Å². The average molecular weight is 395 g/mol. The molecule has 1 aromatic carbocycles. The van der Waals surface area contributed by atoms with E-state index in [1.165, 1.54) is 4.88 Å². The molecule has 0 aliphatic carbocycles. The second-order valence-electron chi connectivity index (χ2n) is 6.35. The van der Waals surface area contributed by atoms with Gasteiger partial charge in [0.05, 0.1) is 6.20 Å². The van der Waals surface area contributed by atoms with Gasteiger partial charge < -0.3 is 15.4 Å². The van der Waals surface area contributed by atoms with E-state index in [0.29, 0.717) is 23.7 Å². The summed E-state index contributed by atoms with van der Waals surface area (Å²) in [5.74, 6) is 0.0835. The van der Waals surface area contributed by atoms with Gasteiger partial charge in [0, 0.05) is 29.2 Å². The molecular weight excluding hydrogens is 374 g/mol. The smallest absolute Gasteiger partial charge is 0.313 e. The number of nitrogens with one attached hydrogen (secondary N) is 2. The first kappa shape index (κ1) is 19.6. The normalized spacial score (nSPS) is 11.5. The highest BCUT2D eigenvalue weighted by molar-refractivity contribution is 7.10. The van der Waals surface area contributed by atoms with Crippen LogP contribution < -0.4 is 15.4 Å². The van der Waals surface area contributed by atoms with E-state index < -0.39 is 11.8 Å². The van der Waals surface area contributed by atoms with E-state index >= 15 is 0 Å². The maximum atomic E-state index is 12.1. The number of carbonyl (C=O) groups excluding carboxylic acids is 2. The van der Waals surface area contributed by atoms with Crippen molar-refractivity contribution in [3.8, 4) is 11.5 Å². The van der Waals surface area contributed by atoms with Crippen molar-refractivity contribution in [1.82, 2.24) is 10.3 Å². The van der Waals surface area contributed by atoms with E-state index in [1.54, 1.807) is 48.0 Å². The van der Waals surface area contributed by atoms with Crippen LogP contribution in [0.4, 0.5) is 5.69 Å². The van der Waals surface area contributed by atoms with Crippen molar-refractivity contribution in [1.29, 1.82) is 0 Å². The Hall–Kier alpha value is -3.19. The minimum absolute atomic E-state index is 0.155. The molecule has 0 saturated carbocycles. The highest BCUT2D eigenvalue weighted by Gasteiger charge is 2.16. The first-order valence-corrected chi connectivity index (χ1v) is 9.72. The van der Waals surface area contributed by atoms with E-state index in [9.17, 15) is 9.59 Å². The van der Waals surface area contributed by atoms with Gasteiger partial charge >= 0.3 is 11.8 Å². The molecule has 2 heterocycles. The summed E-state index contributed by atoms with van der Waals surface area (Å²) in [7, 11) is 0. The molecule has 0 radical (unpaired) electrons. The standard InChI is InChI=1S/C21H21N3O3S/c1-14-11-16(7-8-18(14)27-17-5-3-9-22-13-17)24-21(26)20(25)23-12-15(2)19-6-4-10-28-19/h3-11,13,15H,12H2,1-2H3,(H,23,25)(H,24,26). The molecule has 2 aromatic heterocycles. The van der Waals surface area contributed by atoms with Gasteiger partial charge in [-0.2, -0.15) is 0 Å². The van der Waals surface area contributed by atoms with Crippen LogP contribution >= 0.6 is 11.3 Å². The Kier molecular flexibility index (Phi) is 6.39. The van der Waals surface area contributed by atoms with E-state index in [2.05, 4.69) is 15.6 Å². The van der Waals surface area contributed by atoms with Gasteiger partial charge in [-0.3, -0.25) is 14.6 Å². The molecule has 7 heteroatoms. The highest BCUT2D eigenvalue weighted by atomic mass is 32.1. The topological polar surface area (TPSA) is 80.3 Å². The molecule has 3 rings (SSSR count). The Morgan fingerprint density at radius 3 is 2.71 bits per heavy atom. The number of hydrogen-bond donors (Lipinski definition) is 2. The number of carbonyl (C=O) groups is 2. The molecule has 28 heavy (non-hydrogen) atoms. The molecule has 0 aliphatic rings. The van der Waals surface area contributed by atoms with Crippen LogP contribution in [0.1, 0.15) is 23.3 Å². The number of ether oxygens (including phenoxy) is 1. The molecule has 6 nitrogen and oxygen atoms in total. The number of hydrogen-bond acceptors (Lipinski definition) is 5. The molecule has 144 valence electrons. The summed E-state index contributed by atoms with van der Waals surface area (Å²) in [6, 6.07) is 12.8. The zero-order valence-corrected chi connectivity index (χ0v) is 16.5. The fourth-order valence-corrected chi connectivity index (χ4v) is 3.35. The van der Waals surface area contributed by atoms with Gasteiger partial charge in [0.2, 0.25) is 0 Å². The van der Waals surface area contributed by atoms with Crippen molar-refractivity contribution in [2.24, 2.45) is 0 Å². The number of pyridine rings is 1. The monoisotopic (exact) mass is 395 g/mol. The number of nitrogens with zero attached hydrogens (tertiary/aromatic N) is 1. The first-order valence-electron chi connectivity index (χ1n) is 8.84. The fraction of sp³-hybridized carbons (Fsp3) is 0.190. The molecule has 0 bridgehead atoms. The van der Waals surface area contributed by atoms with Crippen molar-refractivity contribution >= 4 is 28.8 Å². The van der Waals surface area contributed by atoms with Crippen LogP contribution in [0.15, 0.2) is 60.2 Å². The molecule has 0 saturated heterocycles. The van der Waals surface area contributed by atoms with Crippen LogP contribution in [0.2, 0.25) is 0 Å². The fourth-order valence-electron chi connectivity index (χ4n) is 2.56. The van der Waals surface area contributed by atoms with Gasteiger partial charge in [0.1, 0.15) is 11.5 Å². The Balaban J connectivity index is 1.54. The van der Waals surface area contributed by atoms with Crippen molar-refractivity contribution in [3.63, 3.8) is 0 Å². The lowest BCUT2D eigenvalue weighted by molar-refractivity contribution is -0.136. The first-order chi connectivity index (χ1) is 13.5. The van der Waals surface area contributed by atoms with Crippen molar-refractivity contribution in [2.75, 3.05) is 11.9 Å². The van der Waals surface area contributed by atoms with Crippen LogP contribution in [0, 0.1) is 6.92 Å². The molecule has 2 amide bonds. The Labute approximate surface area is 167 Å². The Morgan fingerprint density at radius 1 is 1.18 bits per heavy atom. The zero-order chi connectivity index (χ0) is 19.9. The maximum Gasteiger partial charge on any atom is 0.313 e. The summed E-state index contributed by atoms with van der Waals surface area (Å²) in [5, 5.41) is 7.28. The number of aromatic nitrogens is 1. The zero-order valence-electron chi connectivity index (χ0n) is 15.6. The lowest BCUT2D eigenvalue weighted by Crippen LogP contribution is -2.37. The second-order valence-corrected chi connectivity index (χ2v) is 7.33.